The molecular formula is C17H27FN2O6S. The van der Waals surface area contributed by atoms with E-state index in [1.54, 1.807) is 6.92 Å². The van der Waals surface area contributed by atoms with Gasteiger partial charge in [-0.1, -0.05) is 6.92 Å². The second kappa shape index (κ2) is 8.10. The number of amides is 1. The van der Waals surface area contributed by atoms with E-state index in [9.17, 15) is 23.1 Å². The van der Waals surface area contributed by atoms with Crippen LogP contribution >= 0.6 is 0 Å². The molecule has 0 radical (unpaired) electrons. The number of hydrogen-bond acceptors (Lipinski definition) is 6. The lowest BCUT2D eigenvalue weighted by Crippen LogP contribution is -2.59. The highest BCUT2D eigenvalue weighted by Crippen LogP contribution is 2.45. The lowest BCUT2D eigenvalue weighted by Gasteiger charge is -2.47. The second-order valence-corrected chi connectivity index (χ2v) is 9.31. The number of nitrogens with zero attached hydrogens (tertiary/aromatic N) is 1. The van der Waals surface area contributed by atoms with Crippen molar-refractivity contribution in [1.29, 1.82) is 0 Å². The summed E-state index contributed by atoms with van der Waals surface area (Å²) in [6, 6.07) is -1.27. The van der Waals surface area contributed by atoms with Gasteiger partial charge in [0.15, 0.2) is 0 Å². The summed E-state index contributed by atoms with van der Waals surface area (Å²) in [6.45, 7) is 1.62. The highest BCUT2D eigenvalue weighted by molar-refractivity contribution is 7.88. The maximum Gasteiger partial charge on any atom is 0.304 e. The molecule has 1 amide bonds. The molecule has 154 valence electrons. The standard InChI is InChI=1S/C17H27FN2O6S/c1-2-11(21)5-6-26-12-4-3-10-7-14(22)17(16(18)13(10)8-12)20-9-15(23)19-27(20,24)25/h10,12-14,16-17,22H,2-9H2,1H3,(H,19,23). The number of aliphatic hydroxyl groups is 1. The van der Waals surface area contributed by atoms with E-state index < -0.39 is 46.9 Å². The average molecular weight is 406 g/mol. The smallest absolute Gasteiger partial charge is 0.304 e. The maximum atomic E-state index is 15.3. The van der Waals surface area contributed by atoms with E-state index in [-0.39, 0.29) is 17.8 Å². The van der Waals surface area contributed by atoms with Gasteiger partial charge in [0.05, 0.1) is 31.4 Å². The van der Waals surface area contributed by atoms with Gasteiger partial charge in [0.1, 0.15) is 12.0 Å². The fourth-order valence-corrected chi connectivity index (χ4v) is 5.90. The van der Waals surface area contributed by atoms with Crippen LogP contribution in [0.3, 0.4) is 0 Å². The molecule has 6 atom stereocenters. The highest BCUT2D eigenvalue weighted by Gasteiger charge is 2.53. The van der Waals surface area contributed by atoms with Gasteiger partial charge in [0, 0.05) is 12.8 Å². The van der Waals surface area contributed by atoms with Crippen molar-refractivity contribution in [1.82, 2.24) is 9.03 Å². The molecule has 0 aromatic carbocycles. The molecule has 0 spiro atoms. The molecule has 0 bridgehead atoms. The van der Waals surface area contributed by atoms with Gasteiger partial charge < -0.3 is 9.84 Å². The van der Waals surface area contributed by atoms with Crippen molar-refractivity contribution in [3.05, 3.63) is 0 Å². The van der Waals surface area contributed by atoms with Crippen molar-refractivity contribution < 1.29 is 32.2 Å². The monoisotopic (exact) mass is 406 g/mol. The molecule has 0 aromatic rings. The molecule has 2 saturated carbocycles. The van der Waals surface area contributed by atoms with E-state index in [2.05, 4.69) is 0 Å². The Hall–Kier alpha value is -1.10. The van der Waals surface area contributed by atoms with Crippen molar-refractivity contribution in [2.45, 2.75) is 69.9 Å². The Labute approximate surface area is 158 Å². The fraction of sp³-hybridized carbons (Fsp3) is 0.882. The summed E-state index contributed by atoms with van der Waals surface area (Å²) in [5.74, 6) is -1.09. The number of carbonyl (C=O) groups excluding carboxylic acids is 2. The number of fused-ring (bicyclic) bond motifs is 1. The van der Waals surface area contributed by atoms with E-state index in [1.807, 2.05) is 4.72 Å². The Morgan fingerprint density at radius 1 is 1.37 bits per heavy atom. The number of ether oxygens (including phenoxy) is 1. The minimum Gasteiger partial charge on any atom is -0.391 e. The van der Waals surface area contributed by atoms with Gasteiger partial charge in [-0.15, -0.1) is 0 Å². The Kier molecular flexibility index (Phi) is 6.19. The first-order valence-corrected chi connectivity index (χ1v) is 10.9. The summed E-state index contributed by atoms with van der Waals surface area (Å²) < 4.78 is 47.8. The number of aliphatic hydroxyl groups excluding tert-OH is 1. The van der Waals surface area contributed by atoms with Gasteiger partial charge in [-0.25, -0.2) is 9.11 Å². The number of Topliss-reactive ketones (excluding diaryl/α,β-unsaturated/α-hetero) is 1. The minimum absolute atomic E-state index is 0.0441. The third-order valence-electron chi connectivity index (χ3n) is 5.99. The predicted octanol–water partition coefficient (Wildman–Crippen LogP) is 0.305. The Morgan fingerprint density at radius 3 is 2.74 bits per heavy atom. The molecule has 1 saturated heterocycles. The lowest BCUT2D eigenvalue weighted by atomic mass is 9.66. The Bertz CT molecular complexity index is 687. The van der Waals surface area contributed by atoms with Crippen molar-refractivity contribution in [3.8, 4) is 0 Å². The van der Waals surface area contributed by atoms with Crippen LogP contribution in [0, 0.1) is 11.8 Å². The normalized spacial score (nSPS) is 39.0. The number of nitrogens with one attached hydrogen (secondary N) is 1. The summed E-state index contributed by atoms with van der Waals surface area (Å²) in [5.41, 5.74) is 0. The number of alkyl halides is 1. The van der Waals surface area contributed by atoms with Gasteiger partial charge in [0.2, 0.25) is 5.91 Å². The molecule has 27 heavy (non-hydrogen) atoms. The third kappa shape index (κ3) is 4.33. The summed E-state index contributed by atoms with van der Waals surface area (Å²) >= 11 is 0. The third-order valence-corrected chi connectivity index (χ3v) is 7.46. The molecule has 3 rings (SSSR count). The average Bonchev–Trinajstić information content (AvgIpc) is 2.87. The molecule has 2 N–H and O–H groups in total. The van der Waals surface area contributed by atoms with Gasteiger partial charge in [0.25, 0.3) is 0 Å². The zero-order valence-corrected chi connectivity index (χ0v) is 16.2. The summed E-state index contributed by atoms with van der Waals surface area (Å²) in [6.07, 6.45) is 0.0252. The molecule has 0 aromatic heterocycles. The summed E-state index contributed by atoms with van der Waals surface area (Å²) in [7, 11) is -4.11. The Balaban J connectivity index is 1.66. The molecule has 8 nitrogen and oxygen atoms in total. The van der Waals surface area contributed by atoms with E-state index in [0.29, 0.717) is 38.7 Å². The Morgan fingerprint density at radius 2 is 2.11 bits per heavy atom. The molecule has 2 aliphatic carbocycles. The molecule has 1 heterocycles. The molecule has 10 heteroatoms. The summed E-state index contributed by atoms with van der Waals surface area (Å²) in [4.78, 5) is 22.9. The van der Waals surface area contributed by atoms with Crippen LogP contribution in [0.2, 0.25) is 0 Å². The first-order chi connectivity index (χ1) is 12.7. The van der Waals surface area contributed by atoms with Crippen LogP contribution in [0.5, 0.6) is 0 Å². The zero-order chi connectivity index (χ0) is 19.8. The lowest BCUT2D eigenvalue weighted by molar-refractivity contribution is -0.123. The quantitative estimate of drug-likeness (QED) is 0.656. The minimum atomic E-state index is -4.11. The van der Waals surface area contributed by atoms with Gasteiger partial charge in [-0.05, 0) is 37.5 Å². The molecule has 3 aliphatic rings. The maximum absolute atomic E-state index is 15.3. The number of halogens is 1. The second-order valence-electron chi connectivity index (χ2n) is 7.69. The largest absolute Gasteiger partial charge is 0.391 e. The van der Waals surface area contributed by atoms with Crippen LogP contribution in [-0.4, -0.2) is 67.1 Å². The first kappa shape index (κ1) is 20.6. The zero-order valence-electron chi connectivity index (χ0n) is 15.3. The van der Waals surface area contributed by atoms with Crippen molar-refractivity contribution in [2.24, 2.45) is 11.8 Å². The van der Waals surface area contributed by atoms with E-state index in [4.69, 9.17) is 4.74 Å². The first-order valence-electron chi connectivity index (χ1n) is 9.50. The number of rotatable bonds is 6. The fourth-order valence-electron chi connectivity index (χ4n) is 4.57. The molecule has 3 fully saturated rings. The van der Waals surface area contributed by atoms with Crippen molar-refractivity contribution in [3.63, 3.8) is 0 Å². The van der Waals surface area contributed by atoms with Crippen molar-refractivity contribution in [2.75, 3.05) is 13.2 Å². The van der Waals surface area contributed by atoms with Crippen LogP contribution in [0.4, 0.5) is 4.39 Å². The van der Waals surface area contributed by atoms with E-state index in [1.165, 1.54) is 0 Å². The van der Waals surface area contributed by atoms with E-state index in [0.717, 1.165) is 10.7 Å². The molecule has 1 aliphatic heterocycles. The van der Waals surface area contributed by atoms with Crippen LogP contribution in [0.15, 0.2) is 0 Å². The van der Waals surface area contributed by atoms with Crippen LogP contribution < -0.4 is 4.72 Å². The van der Waals surface area contributed by atoms with E-state index >= 15 is 4.39 Å². The predicted molar refractivity (Wildman–Crippen MR) is 93.6 cm³/mol. The van der Waals surface area contributed by atoms with Crippen LogP contribution in [0.1, 0.15) is 45.4 Å². The highest BCUT2D eigenvalue weighted by atomic mass is 32.2. The molecular weight excluding hydrogens is 379 g/mol. The van der Waals surface area contributed by atoms with Crippen molar-refractivity contribution >= 4 is 21.9 Å². The number of hydrogen-bond donors (Lipinski definition) is 2. The van der Waals surface area contributed by atoms with Crippen LogP contribution in [-0.2, 0) is 24.5 Å². The SMILES string of the molecule is CCC(=O)CCOC1CCC2CC(O)C(N3CC(=O)NS3(=O)=O)C(F)C2C1. The number of carbonyl (C=O) groups is 2. The number of ketones is 1. The molecule has 6 unspecified atom stereocenters. The topological polar surface area (TPSA) is 113 Å². The van der Waals surface area contributed by atoms with Gasteiger partial charge in [-0.3, -0.25) is 9.59 Å². The summed E-state index contributed by atoms with van der Waals surface area (Å²) in [5, 5.41) is 10.4. The van der Waals surface area contributed by atoms with Crippen LogP contribution in [0.25, 0.3) is 0 Å². The van der Waals surface area contributed by atoms with Gasteiger partial charge >= 0.3 is 10.2 Å². The van der Waals surface area contributed by atoms with Gasteiger partial charge in [-0.2, -0.15) is 12.7 Å².